The standard InChI is InChI=1S/C9H14O2/c10-9(11)8-5-7(8)4-6-2-1-3-6/h6-8H,1-5H2,(H,10,11). The van der Waals surface area contributed by atoms with E-state index in [0.717, 1.165) is 12.3 Å². The molecule has 2 aliphatic rings. The minimum atomic E-state index is -0.575. The molecule has 0 saturated heterocycles. The third-order valence-electron chi connectivity index (χ3n) is 3.10. The normalized spacial score (nSPS) is 36.4. The fraction of sp³-hybridized carbons (Fsp3) is 0.889. The van der Waals surface area contributed by atoms with Crippen molar-refractivity contribution in [3.05, 3.63) is 0 Å². The van der Waals surface area contributed by atoms with Crippen LogP contribution in [-0.4, -0.2) is 11.1 Å². The average molecular weight is 154 g/mol. The quantitative estimate of drug-likeness (QED) is 0.674. The minimum Gasteiger partial charge on any atom is -0.481 e. The summed E-state index contributed by atoms with van der Waals surface area (Å²) in [5, 5.41) is 8.63. The van der Waals surface area contributed by atoms with Crippen LogP contribution in [-0.2, 0) is 4.79 Å². The number of aliphatic carboxylic acids is 1. The summed E-state index contributed by atoms with van der Waals surface area (Å²) in [6, 6.07) is 0. The molecule has 0 aromatic heterocycles. The van der Waals surface area contributed by atoms with Gasteiger partial charge in [0.05, 0.1) is 5.92 Å². The smallest absolute Gasteiger partial charge is 0.306 e. The second kappa shape index (κ2) is 2.50. The lowest BCUT2D eigenvalue weighted by atomic mass is 9.81. The largest absolute Gasteiger partial charge is 0.481 e. The lowest BCUT2D eigenvalue weighted by Gasteiger charge is -2.24. The van der Waals surface area contributed by atoms with Crippen molar-refractivity contribution in [2.24, 2.45) is 17.8 Å². The van der Waals surface area contributed by atoms with Crippen LogP contribution in [0.4, 0.5) is 0 Å². The van der Waals surface area contributed by atoms with E-state index in [9.17, 15) is 4.79 Å². The van der Waals surface area contributed by atoms with Crippen molar-refractivity contribution in [3.8, 4) is 0 Å². The van der Waals surface area contributed by atoms with Crippen LogP contribution >= 0.6 is 0 Å². The molecule has 2 atom stereocenters. The Bertz CT molecular complexity index is 172. The van der Waals surface area contributed by atoms with Gasteiger partial charge in [-0.2, -0.15) is 0 Å². The molecule has 0 radical (unpaired) electrons. The van der Waals surface area contributed by atoms with Crippen molar-refractivity contribution in [1.82, 2.24) is 0 Å². The summed E-state index contributed by atoms with van der Waals surface area (Å²) in [5.74, 6) is 0.868. The van der Waals surface area contributed by atoms with Crippen LogP contribution in [0.2, 0.25) is 0 Å². The van der Waals surface area contributed by atoms with E-state index >= 15 is 0 Å². The highest BCUT2D eigenvalue weighted by atomic mass is 16.4. The molecule has 2 rings (SSSR count). The summed E-state index contributed by atoms with van der Waals surface area (Å²) >= 11 is 0. The number of carboxylic acids is 1. The van der Waals surface area contributed by atoms with Gasteiger partial charge in [0.1, 0.15) is 0 Å². The summed E-state index contributed by atoms with van der Waals surface area (Å²) in [4.78, 5) is 10.5. The Morgan fingerprint density at radius 2 is 2.18 bits per heavy atom. The molecule has 11 heavy (non-hydrogen) atoms. The molecule has 1 N–H and O–H groups in total. The number of carbonyl (C=O) groups is 1. The highest BCUT2D eigenvalue weighted by Gasteiger charge is 2.44. The molecule has 2 heteroatoms. The van der Waals surface area contributed by atoms with Crippen LogP contribution in [0.25, 0.3) is 0 Å². The number of rotatable bonds is 3. The summed E-state index contributed by atoms with van der Waals surface area (Å²) in [5.41, 5.74) is 0. The van der Waals surface area contributed by atoms with E-state index in [-0.39, 0.29) is 5.92 Å². The molecule has 2 fully saturated rings. The highest BCUT2D eigenvalue weighted by molar-refractivity contribution is 5.73. The zero-order valence-electron chi connectivity index (χ0n) is 6.62. The molecule has 2 saturated carbocycles. The zero-order valence-corrected chi connectivity index (χ0v) is 6.62. The molecule has 0 bridgehead atoms. The Labute approximate surface area is 66.6 Å². The van der Waals surface area contributed by atoms with E-state index in [1.165, 1.54) is 25.7 Å². The van der Waals surface area contributed by atoms with Gasteiger partial charge in [-0.25, -0.2) is 0 Å². The molecule has 0 amide bonds. The molecule has 0 heterocycles. The van der Waals surface area contributed by atoms with Crippen LogP contribution in [0.1, 0.15) is 32.1 Å². The van der Waals surface area contributed by atoms with E-state index in [1.54, 1.807) is 0 Å². The molecule has 0 aromatic rings. The fourth-order valence-electron chi connectivity index (χ4n) is 1.97. The van der Waals surface area contributed by atoms with E-state index < -0.39 is 5.97 Å². The molecule has 62 valence electrons. The Kier molecular flexibility index (Phi) is 1.63. The van der Waals surface area contributed by atoms with E-state index in [2.05, 4.69) is 0 Å². The minimum absolute atomic E-state index is 0.0237. The molecule has 2 nitrogen and oxygen atoms in total. The van der Waals surface area contributed by atoms with Gasteiger partial charge in [0.2, 0.25) is 0 Å². The predicted molar refractivity (Wildman–Crippen MR) is 41.2 cm³/mol. The first-order valence-electron chi connectivity index (χ1n) is 4.50. The monoisotopic (exact) mass is 154 g/mol. The van der Waals surface area contributed by atoms with Gasteiger partial charge in [-0.15, -0.1) is 0 Å². The summed E-state index contributed by atoms with van der Waals surface area (Å²) in [6.45, 7) is 0. The fourth-order valence-corrected chi connectivity index (χ4v) is 1.97. The third kappa shape index (κ3) is 1.39. The van der Waals surface area contributed by atoms with Crippen molar-refractivity contribution < 1.29 is 9.90 Å². The van der Waals surface area contributed by atoms with Crippen LogP contribution in [0, 0.1) is 17.8 Å². The zero-order chi connectivity index (χ0) is 7.84. The second-order valence-corrected chi connectivity index (χ2v) is 3.97. The summed E-state index contributed by atoms with van der Waals surface area (Å²) in [6.07, 6.45) is 6.21. The Hall–Kier alpha value is -0.530. The first kappa shape index (κ1) is 7.14. The highest BCUT2D eigenvalue weighted by Crippen LogP contribution is 2.46. The first-order chi connectivity index (χ1) is 5.27. The van der Waals surface area contributed by atoms with Crippen molar-refractivity contribution in [2.75, 3.05) is 0 Å². The van der Waals surface area contributed by atoms with E-state index in [1.807, 2.05) is 0 Å². The lowest BCUT2D eigenvalue weighted by molar-refractivity contribution is -0.138. The molecule has 0 aliphatic heterocycles. The maximum absolute atomic E-state index is 10.5. The van der Waals surface area contributed by atoms with Gasteiger partial charge < -0.3 is 5.11 Å². The molecule has 2 aliphatic carbocycles. The Balaban J connectivity index is 1.70. The van der Waals surface area contributed by atoms with Crippen LogP contribution in [0.15, 0.2) is 0 Å². The molecule has 2 unspecified atom stereocenters. The molecular weight excluding hydrogens is 140 g/mol. The Morgan fingerprint density at radius 1 is 1.45 bits per heavy atom. The van der Waals surface area contributed by atoms with Gasteiger partial charge in [0.25, 0.3) is 0 Å². The topological polar surface area (TPSA) is 37.3 Å². The van der Waals surface area contributed by atoms with Gasteiger partial charge in [-0.05, 0) is 24.7 Å². The van der Waals surface area contributed by atoms with Crippen molar-refractivity contribution in [2.45, 2.75) is 32.1 Å². The summed E-state index contributed by atoms with van der Waals surface area (Å²) < 4.78 is 0. The van der Waals surface area contributed by atoms with Crippen LogP contribution in [0.3, 0.4) is 0 Å². The maximum atomic E-state index is 10.5. The van der Waals surface area contributed by atoms with Gasteiger partial charge in [0.15, 0.2) is 0 Å². The Morgan fingerprint density at radius 3 is 2.55 bits per heavy atom. The average Bonchev–Trinajstić information content (AvgIpc) is 2.57. The number of carboxylic acid groups (broad SMARTS) is 1. The molecular formula is C9H14O2. The van der Waals surface area contributed by atoms with Crippen LogP contribution < -0.4 is 0 Å². The second-order valence-electron chi connectivity index (χ2n) is 3.97. The van der Waals surface area contributed by atoms with Gasteiger partial charge >= 0.3 is 5.97 Å². The van der Waals surface area contributed by atoms with E-state index in [0.29, 0.717) is 5.92 Å². The third-order valence-corrected chi connectivity index (χ3v) is 3.10. The van der Waals surface area contributed by atoms with Crippen molar-refractivity contribution >= 4 is 5.97 Å². The maximum Gasteiger partial charge on any atom is 0.306 e. The van der Waals surface area contributed by atoms with Gasteiger partial charge in [0, 0.05) is 0 Å². The van der Waals surface area contributed by atoms with Crippen molar-refractivity contribution in [1.29, 1.82) is 0 Å². The van der Waals surface area contributed by atoms with Gasteiger partial charge in [-0.3, -0.25) is 4.79 Å². The first-order valence-corrected chi connectivity index (χ1v) is 4.50. The van der Waals surface area contributed by atoms with Crippen molar-refractivity contribution in [3.63, 3.8) is 0 Å². The lowest BCUT2D eigenvalue weighted by Crippen LogP contribution is -2.12. The summed E-state index contributed by atoms with van der Waals surface area (Å²) in [7, 11) is 0. The number of hydrogen-bond acceptors (Lipinski definition) is 1. The molecule has 0 spiro atoms. The molecule has 0 aromatic carbocycles. The van der Waals surface area contributed by atoms with Gasteiger partial charge in [-0.1, -0.05) is 19.3 Å². The predicted octanol–water partition coefficient (Wildman–Crippen LogP) is 1.90. The van der Waals surface area contributed by atoms with Crippen LogP contribution in [0.5, 0.6) is 0 Å². The SMILES string of the molecule is O=C(O)C1CC1CC1CCC1. The van der Waals surface area contributed by atoms with E-state index in [4.69, 9.17) is 5.11 Å². The number of hydrogen-bond donors (Lipinski definition) is 1.